The van der Waals surface area contributed by atoms with Crippen molar-refractivity contribution in [3.05, 3.63) is 139 Å². The van der Waals surface area contributed by atoms with Crippen molar-refractivity contribution >= 4 is 50.4 Å². The molecule has 33 heavy (non-hydrogen) atoms. The average Bonchev–Trinajstić information content (AvgIpc) is 3.22. The number of hydrogen-bond acceptors (Lipinski definition) is 0. The Morgan fingerprint density at radius 1 is 0.515 bits per heavy atom. The van der Waals surface area contributed by atoms with E-state index in [2.05, 4.69) is 144 Å². The van der Waals surface area contributed by atoms with Gasteiger partial charge in [-0.25, -0.2) is 0 Å². The van der Waals surface area contributed by atoms with Crippen molar-refractivity contribution in [2.45, 2.75) is 0 Å². The monoisotopic (exact) mass is 421 g/mol. The highest BCUT2D eigenvalue weighted by Gasteiger charge is 2.12. The maximum Gasteiger partial charge on any atom is 0.0541 e. The minimum absolute atomic E-state index is 1.13. The molecule has 1 aromatic heterocycles. The van der Waals surface area contributed by atoms with Crippen molar-refractivity contribution in [2.75, 3.05) is 0 Å². The quantitative estimate of drug-likeness (QED) is 0.251. The highest BCUT2D eigenvalue weighted by atomic mass is 15.0. The van der Waals surface area contributed by atoms with E-state index >= 15 is 0 Å². The molecule has 1 heteroatoms. The summed E-state index contributed by atoms with van der Waals surface area (Å²) in [4.78, 5) is 0. The van der Waals surface area contributed by atoms with E-state index in [1.165, 1.54) is 43.7 Å². The first-order valence-electron chi connectivity index (χ1n) is 11.3. The molecule has 0 fully saturated rings. The highest BCUT2D eigenvalue weighted by molar-refractivity contribution is 6.11. The second kappa shape index (κ2) is 8.29. The van der Waals surface area contributed by atoms with Crippen LogP contribution in [0.2, 0.25) is 0 Å². The van der Waals surface area contributed by atoms with Crippen molar-refractivity contribution in [3.8, 4) is 0 Å². The molecule has 0 unspecified atom stereocenters. The molecule has 0 aliphatic carbocycles. The fourth-order valence-corrected chi connectivity index (χ4v) is 4.67. The number of fused-ring (bicyclic) bond motifs is 4. The van der Waals surface area contributed by atoms with Crippen LogP contribution in [0.15, 0.2) is 127 Å². The maximum atomic E-state index is 2.38. The van der Waals surface area contributed by atoms with Crippen LogP contribution < -0.4 is 0 Å². The molecule has 5 aromatic carbocycles. The Morgan fingerprint density at radius 2 is 1.09 bits per heavy atom. The van der Waals surface area contributed by atoms with Crippen molar-refractivity contribution < 1.29 is 0 Å². The molecular formula is C32H23N. The predicted molar refractivity (Wildman–Crippen MR) is 143 cm³/mol. The number of hydrogen-bond donors (Lipinski definition) is 0. The lowest BCUT2D eigenvalue weighted by Gasteiger charge is -2.11. The summed E-state index contributed by atoms with van der Waals surface area (Å²) in [7, 11) is 0. The van der Waals surface area contributed by atoms with Gasteiger partial charge in [0, 0.05) is 16.5 Å². The van der Waals surface area contributed by atoms with Crippen LogP contribution in [0.1, 0.15) is 11.1 Å². The van der Waals surface area contributed by atoms with E-state index in [4.69, 9.17) is 0 Å². The molecule has 0 N–H and O–H groups in total. The van der Waals surface area contributed by atoms with Crippen LogP contribution in [0, 0.1) is 0 Å². The molecule has 0 atom stereocenters. The molecule has 0 bridgehead atoms. The molecule has 0 aliphatic heterocycles. The zero-order chi connectivity index (χ0) is 22.0. The summed E-state index contributed by atoms with van der Waals surface area (Å²) in [6, 6.07) is 42.9. The van der Waals surface area contributed by atoms with Crippen molar-refractivity contribution in [3.63, 3.8) is 0 Å². The van der Waals surface area contributed by atoms with Gasteiger partial charge in [-0.2, -0.15) is 0 Å². The summed E-state index contributed by atoms with van der Waals surface area (Å²) in [5.74, 6) is 0. The van der Waals surface area contributed by atoms with Gasteiger partial charge in [0.2, 0.25) is 0 Å². The fraction of sp³-hybridized carbons (Fsp3) is 0. The summed E-state index contributed by atoms with van der Waals surface area (Å²) in [5, 5.41) is 5.04. The number of rotatable bonds is 4. The minimum atomic E-state index is 1.13. The average molecular weight is 422 g/mol. The van der Waals surface area contributed by atoms with Crippen molar-refractivity contribution in [2.24, 2.45) is 0 Å². The van der Waals surface area contributed by atoms with Crippen molar-refractivity contribution in [1.29, 1.82) is 0 Å². The Kier molecular flexibility index (Phi) is 4.86. The van der Waals surface area contributed by atoms with Gasteiger partial charge in [-0.1, -0.05) is 115 Å². The lowest BCUT2D eigenvalue weighted by Crippen LogP contribution is -1.95. The second-order valence-electron chi connectivity index (χ2n) is 8.25. The Labute approximate surface area is 193 Å². The number of nitrogens with zero attached hydrogens (tertiary/aromatic N) is 1. The molecule has 6 rings (SSSR count). The van der Waals surface area contributed by atoms with E-state index in [-0.39, 0.29) is 0 Å². The molecule has 0 saturated heterocycles. The number of aromatic nitrogens is 1. The number of allylic oxidation sites excluding steroid dienone is 2. The molecular weight excluding hydrogens is 398 g/mol. The smallest absolute Gasteiger partial charge is 0.0541 e. The zero-order valence-corrected chi connectivity index (χ0v) is 18.2. The van der Waals surface area contributed by atoms with Crippen LogP contribution in [-0.4, -0.2) is 4.57 Å². The van der Waals surface area contributed by atoms with Gasteiger partial charge >= 0.3 is 0 Å². The van der Waals surface area contributed by atoms with E-state index in [0.29, 0.717) is 0 Å². The minimum Gasteiger partial charge on any atom is -0.309 e. The molecule has 6 aromatic rings. The molecule has 0 radical (unpaired) electrons. The summed E-state index contributed by atoms with van der Waals surface area (Å²) in [6.07, 6.45) is 6.73. The highest BCUT2D eigenvalue weighted by Crippen LogP contribution is 2.33. The van der Waals surface area contributed by atoms with Crippen LogP contribution in [0.4, 0.5) is 0 Å². The van der Waals surface area contributed by atoms with Crippen LogP contribution in [-0.2, 0) is 0 Å². The van der Waals surface area contributed by atoms with E-state index in [9.17, 15) is 0 Å². The summed E-state index contributed by atoms with van der Waals surface area (Å²) < 4.78 is 2.38. The summed E-state index contributed by atoms with van der Waals surface area (Å²) in [5.41, 5.74) is 5.95. The Balaban J connectivity index is 1.65. The zero-order valence-electron chi connectivity index (χ0n) is 18.2. The maximum absolute atomic E-state index is 2.38. The molecule has 1 heterocycles. The first-order chi connectivity index (χ1) is 16.4. The molecule has 0 spiro atoms. The van der Waals surface area contributed by atoms with Gasteiger partial charge in [-0.05, 0) is 46.2 Å². The van der Waals surface area contributed by atoms with Crippen LogP contribution in [0.5, 0.6) is 0 Å². The standard InChI is InChI=1S/C32H23N/c1-2-11-24(12-3-1)21-22-27(23-26-15-10-14-25-13-4-5-16-28(25)26)33-31-19-8-6-17-29(31)30-18-7-9-20-32(30)33/h1-23H/b22-21+,27-23-. The number of benzene rings is 5. The predicted octanol–water partition coefficient (Wildman–Crippen LogP) is 8.66. The summed E-state index contributed by atoms with van der Waals surface area (Å²) in [6.45, 7) is 0. The van der Waals surface area contributed by atoms with E-state index in [0.717, 1.165) is 5.70 Å². The lowest BCUT2D eigenvalue weighted by atomic mass is 10.0. The largest absolute Gasteiger partial charge is 0.309 e. The van der Waals surface area contributed by atoms with Crippen LogP contribution in [0.3, 0.4) is 0 Å². The van der Waals surface area contributed by atoms with E-state index < -0.39 is 0 Å². The second-order valence-corrected chi connectivity index (χ2v) is 8.25. The van der Waals surface area contributed by atoms with E-state index in [1.54, 1.807) is 0 Å². The van der Waals surface area contributed by atoms with E-state index in [1.807, 2.05) is 0 Å². The van der Waals surface area contributed by atoms with Crippen LogP contribution in [0.25, 0.3) is 50.4 Å². The lowest BCUT2D eigenvalue weighted by molar-refractivity contribution is 1.25. The fourth-order valence-electron chi connectivity index (χ4n) is 4.67. The Morgan fingerprint density at radius 3 is 1.82 bits per heavy atom. The topological polar surface area (TPSA) is 4.93 Å². The molecule has 0 aliphatic rings. The van der Waals surface area contributed by atoms with Gasteiger partial charge in [-0.15, -0.1) is 0 Å². The van der Waals surface area contributed by atoms with Gasteiger partial charge in [0.1, 0.15) is 0 Å². The van der Waals surface area contributed by atoms with Crippen molar-refractivity contribution in [1.82, 2.24) is 4.57 Å². The molecule has 0 amide bonds. The number of para-hydroxylation sites is 2. The van der Waals surface area contributed by atoms with Gasteiger partial charge in [0.15, 0.2) is 0 Å². The SMILES string of the molecule is C(=C(\C=C\c1ccccc1)n1c2ccccc2c2ccccc21)/c1cccc2ccccc12. The Hall–Kier alpha value is -4.36. The first-order valence-corrected chi connectivity index (χ1v) is 11.3. The normalized spacial score (nSPS) is 12.3. The third kappa shape index (κ3) is 3.54. The van der Waals surface area contributed by atoms with Gasteiger partial charge in [-0.3, -0.25) is 0 Å². The first kappa shape index (κ1) is 19.3. The van der Waals surface area contributed by atoms with Gasteiger partial charge in [0.25, 0.3) is 0 Å². The third-order valence-electron chi connectivity index (χ3n) is 6.21. The molecule has 1 nitrogen and oxygen atoms in total. The Bertz CT molecular complexity index is 1590. The molecule has 156 valence electrons. The summed E-state index contributed by atoms with van der Waals surface area (Å²) >= 11 is 0. The van der Waals surface area contributed by atoms with Crippen LogP contribution >= 0.6 is 0 Å². The van der Waals surface area contributed by atoms with Gasteiger partial charge < -0.3 is 4.57 Å². The third-order valence-corrected chi connectivity index (χ3v) is 6.21. The van der Waals surface area contributed by atoms with Gasteiger partial charge in [0.05, 0.1) is 11.0 Å². The molecule has 0 saturated carbocycles.